The highest BCUT2D eigenvalue weighted by Gasteiger charge is 2.36. The van der Waals surface area contributed by atoms with E-state index in [4.69, 9.17) is 4.98 Å². The molecule has 1 aliphatic rings. The van der Waals surface area contributed by atoms with Crippen molar-refractivity contribution in [1.29, 1.82) is 0 Å². The molecular formula is C13H24N4. The van der Waals surface area contributed by atoms with Gasteiger partial charge in [-0.25, -0.2) is 4.98 Å². The molecule has 1 aromatic heterocycles. The molecule has 2 N–H and O–H groups in total. The van der Waals surface area contributed by atoms with Crippen molar-refractivity contribution in [2.45, 2.75) is 57.8 Å². The third kappa shape index (κ3) is 2.68. The number of hydrogen-bond acceptors (Lipinski definition) is 3. The lowest BCUT2D eigenvalue weighted by Gasteiger charge is -2.35. The maximum absolute atomic E-state index is 4.71. The van der Waals surface area contributed by atoms with E-state index in [1.54, 1.807) is 0 Å². The molecule has 0 amide bonds. The van der Waals surface area contributed by atoms with Crippen LogP contribution in [0.4, 0.5) is 0 Å². The summed E-state index contributed by atoms with van der Waals surface area (Å²) < 4.78 is 0. The number of nitrogens with one attached hydrogen (secondary N) is 2. The zero-order valence-electron chi connectivity index (χ0n) is 11.1. The highest BCUT2D eigenvalue weighted by Crippen LogP contribution is 2.33. The Kier molecular flexibility index (Phi) is 4.15. The van der Waals surface area contributed by atoms with Gasteiger partial charge in [0.15, 0.2) is 5.82 Å². The van der Waals surface area contributed by atoms with E-state index in [1.807, 2.05) is 0 Å². The third-order valence-electron chi connectivity index (χ3n) is 3.69. The van der Waals surface area contributed by atoms with E-state index in [0.717, 1.165) is 37.6 Å². The number of rotatable bonds is 5. The maximum Gasteiger partial charge on any atom is 0.158 e. The van der Waals surface area contributed by atoms with Crippen molar-refractivity contribution in [3.05, 3.63) is 11.6 Å². The van der Waals surface area contributed by atoms with E-state index in [2.05, 4.69) is 29.4 Å². The van der Waals surface area contributed by atoms with Crippen LogP contribution in [-0.4, -0.2) is 28.3 Å². The summed E-state index contributed by atoms with van der Waals surface area (Å²) in [5.74, 6) is 2.08. The largest absolute Gasteiger partial charge is 0.316 e. The number of nitrogens with zero attached hydrogens (tertiary/aromatic N) is 2. The van der Waals surface area contributed by atoms with Crippen LogP contribution in [0.15, 0.2) is 0 Å². The highest BCUT2D eigenvalue weighted by atomic mass is 15.2. The number of aryl methyl sites for hydroxylation is 1. The summed E-state index contributed by atoms with van der Waals surface area (Å²) in [6.07, 6.45) is 6.95. The fraction of sp³-hybridized carbons (Fsp3) is 0.846. The summed E-state index contributed by atoms with van der Waals surface area (Å²) in [5.41, 5.74) is 0.176. The van der Waals surface area contributed by atoms with Crippen molar-refractivity contribution in [1.82, 2.24) is 20.5 Å². The molecule has 1 unspecified atom stereocenters. The minimum absolute atomic E-state index is 0.176. The molecule has 2 rings (SSSR count). The zero-order valence-corrected chi connectivity index (χ0v) is 11.1. The Bertz CT molecular complexity index is 333. The first-order chi connectivity index (χ1) is 8.30. The van der Waals surface area contributed by atoms with Crippen LogP contribution in [0.2, 0.25) is 0 Å². The number of hydrogen-bond donors (Lipinski definition) is 2. The number of H-pyrrole nitrogens is 1. The maximum atomic E-state index is 4.71. The van der Waals surface area contributed by atoms with Crippen LogP contribution in [0.3, 0.4) is 0 Å². The van der Waals surface area contributed by atoms with Gasteiger partial charge in [-0.3, -0.25) is 5.10 Å². The van der Waals surface area contributed by atoms with E-state index >= 15 is 0 Å². The molecule has 0 radical (unpaired) electrons. The molecule has 4 heteroatoms. The Morgan fingerprint density at radius 1 is 1.29 bits per heavy atom. The number of aromatic amines is 1. The average molecular weight is 236 g/mol. The van der Waals surface area contributed by atoms with Crippen molar-refractivity contribution >= 4 is 0 Å². The third-order valence-corrected chi connectivity index (χ3v) is 3.69. The first-order valence-electron chi connectivity index (χ1n) is 6.93. The van der Waals surface area contributed by atoms with Crippen LogP contribution in [-0.2, 0) is 11.8 Å². The van der Waals surface area contributed by atoms with Crippen molar-refractivity contribution in [2.75, 3.05) is 13.1 Å². The second kappa shape index (κ2) is 5.63. The van der Waals surface area contributed by atoms with E-state index in [9.17, 15) is 0 Å². The molecule has 17 heavy (non-hydrogen) atoms. The molecule has 0 bridgehead atoms. The molecule has 2 heterocycles. The van der Waals surface area contributed by atoms with Crippen LogP contribution in [0.5, 0.6) is 0 Å². The van der Waals surface area contributed by atoms with Crippen molar-refractivity contribution in [3.63, 3.8) is 0 Å². The lowest BCUT2D eigenvalue weighted by atomic mass is 9.76. The van der Waals surface area contributed by atoms with Gasteiger partial charge in [-0.15, -0.1) is 0 Å². The minimum Gasteiger partial charge on any atom is -0.316 e. The topological polar surface area (TPSA) is 53.6 Å². The van der Waals surface area contributed by atoms with Crippen LogP contribution < -0.4 is 5.32 Å². The van der Waals surface area contributed by atoms with Gasteiger partial charge in [-0.2, -0.15) is 5.10 Å². The molecule has 1 fully saturated rings. The molecule has 0 saturated carbocycles. The first-order valence-corrected chi connectivity index (χ1v) is 6.93. The minimum atomic E-state index is 0.176. The van der Waals surface area contributed by atoms with Gasteiger partial charge in [0, 0.05) is 18.4 Å². The molecule has 1 atom stereocenters. The van der Waals surface area contributed by atoms with Crippen molar-refractivity contribution in [2.24, 2.45) is 0 Å². The summed E-state index contributed by atoms with van der Waals surface area (Å²) in [7, 11) is 0. The Morgan fingerprint density at radius 3 is 2.82 bits per heavy atom. The van der Waals surface area contributed by atoms with Gasteiger partial charge in [0.2, 0.25) is 0 Å². The van der Waals surface area contributed by atoms with Gasteiger partial charge in [0.05, 0.1) is 0 Å². The standard InChI is InChI=1S/C13H24N4/c1-3-6-11-15-12(17-16-11)13(7-4-2)8-5-9-14-10-13/h14H,3-10H2,1-2H3,(H,15,16,17). The quantitative estimate of drug-likeness (QED) is 0.824. The van der Waals surface area contributed by atoms with Gasteiger partial charge in [-0.1, -0.05) is 20.3 Å². The molecule has 1 aromatic rings. The number of aromatic nitrogens is 3. The summed E-state index contributed by atoms with van der Waals surface area (Å²) in [6.45, 7) is 6.59. The lowest BCUT2D eigenvalue weighted by Crippen LogP contribution is -2.44. The van der Waals surface area contributed by atoms with Crippen molar-refractivity contribution in [3.8, 4) is 0 Å². The van der Waals surface area contributed by atoms with Gasteiger partial charge in [0.1, 0.15) is 5.82 Å². The fourth-order valence-corrected chi connectivity index (χ4v) is 2.84. The molecule has 0 aliphatic carbocycles. The van der Waals surface area contributed by atoms with Gasteiger partial charge < -0.3 is 5.32 Å². The van der Waals surface area contributed by atoms with Gasteiger partial charge in [-0.05, 0) is 32.2 Å². The Hall–Kier alpha value is -0.900. The fourth-order valence-electron chi connectivity index (χ4n) is 2.84. The summed E-state index contributed by atoms with van der Waals surface area (Å²) in [5, 5.41) is 11.1. The van der Waals surface area contributed by atoms with Crippen molar-refractivity contribution < 1.29 is 0 Å². The zero-order chi connectivity index (χ0) is 12.1. The predicted octanol–water partition coefficient (Wildman–Crippen LogP) is 2.18. The highest BCUT2D eigenvalue weighted by molar-refractivity contribution is 5.11. The molecule has 1 aliphatic heterocycles. The van der Waals surface area contributed by atoms with E-state index in [0.29, 0.717) is 0 Å². The second-order valence-electron chi connectivity index (χ2n) is 5.17. The molecule has 4 nitrogen and oxygen atoms in total. The SMILES string of the molecule is CCCc1nc(C2(CCC)CCCNC2)n[nH]1. The monoisotopic (exact) mass is 236 g/mol. The van der Waals surface area contributed by atoms with E-state index in [1.165, 1.54) is 25.7 Å². The molecule has 1 saturated heterocycles. The van der Waals surface area contributed by atoms with E-state index < -0.39 is 0 Å². The summed E-state index contributed by atoms with van der Waals surface area (Å²) >= 11 is 0. The van der Waals surface area contributed by atoms with E-state index in [-0.39, 0.29) is 5.41 Å². The Morgan fingerprint density at radius 2 is 2.18 bits per heavy atom. The van der Waals surface area contributed by atoms with Crippen LogP contribution >= 0.6 is 0 Å². The normalized spacial score (nSPS) is 25.1. The molecule has 96 valence electrons. The molecule has 0 aromatic carbocycles. The predicted molar refractivity (Wildman–Crippen MR) is 69.1 cm³/mol. The Labute approximate surface area is 104 Å². The lowest BCUT2D eigenvalue weighted by molar-refractivity contribution is 0.276. The smallest absolute Gasteiger partial charge is 0.158 e. The molecular weight excluding hydrogens is 212 g/mol. The van der Waals surface area contributed by atoms with Gasteiger partial charge in [0.25, 0.3) is 0 Å². The van der Waals surface area contributed by atoms with Crippen LogP contribution in [0.1, 0.15) is 57.6 Å². The van der Waals surface area contributed by atoms with Crippen LogP contribution in [0, 0.1) is 0 Å². The van der Waals surface area contributed by atoms with Crippen LogP contribution in [0.25, 0.3) is 0 Å². The van der Waals surface area contributed by atoms with Gasteiger partial charge >= 0.3 is 0 Å². The average Bonchev–Trinajstić information content (AvgIpc) is 2.80. The second-order valence-corrected chi connectivity index (χ2v) is 5.17. The summed E-state index contributed by atoms with van der Waals surface area (Å²) in [6, 6.07) is 0. The summed E-state index contributed by atoms with van der Waals surface area (Å²) in [4.78, 5) is 4.71. The molecule has 0 spiro atoms. The number of piperidine rings is 1. The first kappa shape index (κ1) is 12.6. The Balaban J connectivity index is 2.18.